The van der Waals surface area contributed by atoms with Gasteiger partial charge in [0, 0.05) is 17.2 Å². The molecular weight excluding hydrogens is 305 g/mol. The third kappa shape index (κ3) is 2.20. The Morgan fingerprint density at radius 3 is 1.92 bits per heavy atom. The summed E-state index contributed by atoms with van der Waals surface area (Å²) in [4.78, 5) is 10.3. The number of non-ortho nitro benzene ring substituents is 1. The minimum atomic E-state index is -0.592. The second-order valence-electron chi connectivity index (χ2n) is 5.62. The Labute approximate surface area is 137 Å². The molecule has 0 saturated heterocycles. The minimum absolute atomic E-state index is 0.249. The van der Waals surface area contributed by atoms with Gasteiger partial charge < -0.3 is 0 Å². The molecule has 116 valence electrons. The van der Waals surface area contributed by atoms with Gasteiger partial charge in [0.25, 0.3) is 5.69 Å². The van der Waals surface area contributed by atoms with Gasteiger partial charge in [-0.15, -0.1) is 0 Å². The van der Waals surface area contributed by atoms with Crippen molar-refractivity contribution in [1.82, 2.24) is 0 Å². The van der Waals surface area contributed by atoms with E-state index in [1.165, 1.54) is 12.1 Å². The normalized spacial score (nSPS) is 11.0. The van der Waals surface area contributed by atoms with E-state index in [0.717, 1.165) is 33.2 Å². The van der Waals surface area contributed by atoms with E-state index in [9.17, 15) is 14.5 Å². The summed E-state index contributed by atoms with van der Waals surface area (Å²) >= 11 is 0. The number of nitro groups is 1. The van der Waals surface area contributed by atoms with Crippen LogP contribution in [0.2, 0.25) is 0 Å². The van der Waals surface area contributed by atoms with Crippen molar-refractivity contribution >= 4 is 27.2 Å². The highest BCUT2D eigenvalue weighted by atomic mass is 19.1. The highest BCUT2D eigenvalue weighted by Gasteiger charge is 2.16. The molecule has 4 aromatic rings. The van der Waals surface area contributed by atoms with E-state index in [0.29, 0.717) is 5.56 Å². The lowest BCUT2D eigenvalue weighted by atomic mass is 9.92. The fourth-order valence-corrected chi connectivity index (χ4v) is 3.12. The minimum Gasteiger partial charge on any atom is -0.258 e. The molecule has 24 heavy (non-hydrogen) atoms. The fourth-order valence-electron chi connectivity index (χ4n) is 3.12. The number of rotatable bonds is 2. The van der Waals surface area contributed by atoms with Crippen LogP contribution in [0.25, 0.3) is 32.7 Å². The summed E-state index contributed by atoms with van der Waals surface area (Å²) in [6.45, 7) is 0. The number of nitrogens with zero attached hydrogens (tertiary/aromatic N) is 1. The molecule has 0 spiro atoms. The third-order valence-electron chi connectivity index (χ3n) is 4.20. The molecule has 0 heterocycles. The Balaban J connectivity index is 2.13. The Kier molecular flexibility index (Phi) is 3.24. The van der Waals surface area contributed by atoms with Gasteiger partial charge in [-0.05, 0) is 33.7 Å². The Morgan fingerprint density at radius 2 is 1.38 bits per heavy atom. The van der Waals surface area contributed by atoms with Crippen molar-refractivity contribution in [3.63, 3.8) is 0 Å². The van der Waals surface area contributed by atoms with Crippen LogP contribution in [0.1, 0.15) is 0 Å². The first-order valence-corrected chi connectivity index (χ1v) is 7.50. The molecule has 4 aromatic carbocycles. The van der Waals surface area contributed by atoms with Gasteiger partial charge in [0.05, 0.1) is 11.0 Å². The molecule has 0 fully saturated rings. The third-order valence-corrected chi connectivity index (χ3v) is 4.20. The molecule has 4 heteroatoms. The van der Waals surface area contributed by atoms with E-state index in [1.54, 1.807) is 0 Å². The lowest BCUT2D eigenvalue weighted by Gasteiger charge is -2.12. The summed E-state index contributed by atoms with van der Waals surface area (Å²) in [5.41, 5.74) is 0.880. The molecule has 0 aliphatic carbocycles. The first kappa shape index (κ1) is 14.3. The highest BCUT2D eigenvalue weighted by Crippen LogP contribution is 2.38. The van der Waals surface area contributed by atoms with Crippen LogP contribution in [0, 0.1) is 15.9 Å². The summed E-state index contributed by atoms with van der Waals surface area (Å²) in [6, 6.07) is 21.4. The SMILES string of the molecule is O=[N+]([O-])c1ccc(-c2c3ccccc3cc3ccccc23)c(F)c1. The lowest BCUT2D eigenvalue weighted by Crippen LogP contribution is -1.93. The second-order valence-corrected chi connectivity index (χ2v) is 5.62. The maximum atomic E-state index is 14.6. The molecule has 0 aromatic heterocycles. The van der Waals surface area contributed by atoms with E-state index >= 15 is 0 Å². The van der Waals surface area contributed by atoms with E-state index in [2.05, 4.69) is 6.07 Å². The van der Waals surface area contributed by atoms with Crippen LogP contribution < -0.4 is 0 Å². The van der Waals surface area contributed by atoms with Crippen LogP contribution in [-0.2, 0) is 0 Å². The lowest BCUT2D eigenvalue weighted by molar-refractivity contribution is -0.385. The molecule has 3 nitrogen and oxygen atoms in total. The first-order chi connectivity index (χ1) is 11.6. The predicted molar refractivity (Wildman–Crippen MR) is 93.5 cm³/mol. The summed E-state index contributed by atoms with van der Waals surface area (Å²) in [7, 11) is 0. The van der Waals surface area contributed by atoms with Gasteiger partial charge >= 0.3 is 0 Å². The summed E-state index contributed by atoms with van der Waals surface area (Å²) in [5.74, 6) is -0.592. The number of nitro benzene ring substituents is 1. The summed E-state index contributed by atoms with van der Waals surface area (Å²) in [6.07, 6.45) is 0. The molecule has 0 bridgehead atoms. The van der Waals surface area contributed by atoms with Gasteiger partial charge in [-0.3, -0.25) is 10.1 Å². The van der Waals surface area contributed by atoms with E-state index in [1.807, 2.05) is 48.5 Å². The average Bonchev–Trinajstić information content (AvgIpc) is 2.60. The Morgan fingerprint density at radius 1 is 0.792 bits per heavy atom. The van der Waals surface area contributed by atoms with Crippen LogP contribution in [0.15, 0.2) is 72.8 Å². The molecule has 0 atom stereocenters. The molecule has 0 radical (unpaired) electrons. The van der Waals surface area contributed by atoms with E-state index in [-0.39, 0.29) is 5.69 Å². The molecule has 4 rings (SSSR count). The van der Waals surface area contributed by atoms with Crippen molar-refractivity contribution < 1.29 is 9.31 Å². The molecule has 0 unspecified atom stereocenters. The quantitative estimate of drug-likeness (QED) is 0.270. The van der Waals surface area contributed by atoms with Gasteiger partial charge in [0.1, 0.15) is 5.82 Å². The number of hydrogen-bond donors (Lipinski definition) is 0. The van der Waals surface area contributed by atoms with Crippen molar-refractivity contribution in [3.05, 3.63) is 88.7 Å². The Hall–Kier alpha value is -3.27. The summed E-state index contributed by atoms with van der Waals surface area (Å²) in [5, 5.41) is 14.7. The largest absolute Gasteiger partial charge is 0.272 e. The number of halogens is 1. The van der Waals surface area contributed by atoms with Crippen LogP contribution >= 0.6 is 0 Å². The van der Waals surface area contributed by atoms with Gasteiger partial charge in [-0.25, -0.2) is 4.39 Å². The maximum absolute atomic E-state index is 14.6. The van der Waals surface area contributed by atoms with Crippen molar-refractivity contribution in [1.29, 1.82) is 0 Å². The molecule has 0 aliphatic rings. The highest BCUT2D eigenvalue weighted by molar-refractivity contribution is 6.12. The van der Waals surface area contributed by atoms with E-state index in [4.69, 9.17) is 0 Å². The standard InChI is InChI=1S/C20H12FNO2/c21-19-12-15(22(23)24)9-10-18(19)20-16-7-3-1-5-13(16)11-14-6-2-4-8-17(14)20/h1-12H. The number of benzene rings is 4. The monoisotopic (exact) mass is 317 g/mol. The molecule has 0 aliphatic heterocycles. The van der Waals surface area contributed by atoms with Gasteiger partial charge in [-0.2, -0.15) is 0 Å². The molecule has 0 amide bonds. The zero-order valence-electron chi connectivity index (χ0n) is 12.6. The molecular formula is C20H12FNO2. The predicted octanol–water partition coefficient (Wildman–Crippen LogP) is 5.71. The number of hydrogen-bond acceptors (Lipinski definition) is 2. The van der Waals surface area contributed by atoms with Crippen LogP contribution in [0.4, 0.5) is 10.1 Å². The van der Waals surface area contributed by atoms with Crippen LogP contribution in [0.3, 0.4) is 0 Å². The van der Waals surface area contributed by atoms with Crippen LogP contribution in [-0.4, -0.2) is 4.92 Å². The number of fused-ring (bicyclic) bond motifs is 2. The van der Waals surface area contributed by atoms with Crippen LogP contribution in [0.5, 0.6) is 0 Å². The zero-order chi connectivity index (χ0) is 16.7. The topological polar surface area (TPSA) is 43.1 Å². The van der Waals surface area contributed by atoms with Crippen molar-refractivity contribution in [2.75, 3.05) is 0 Å². The van der Waals surface area contributed by atoms with Gasteiger partial charge in [0.15, 0.2) is 0 Å². The van der Waals surface area contributed by atoms with Crippen molar-refractivity contribution in [3.8, 4) is 11.1 Å². The fraction of sp³-hybridized carbons (Fsp3) is 0. The smallest absolute Gasteiger partial charge is 0.258 e. The van der Waals surface area contributed by atoms with Crippen molar-refractivity contribution in [2.45, 2.75) is 0 Å². The maximum Gasteiger partial charge on any atom is 0.272 e. The summed E-state index contributed by atoms with van der Waals surface area (Å²) < 4.78 is 14.6. The van der Waals surface area contributed by atoms with E-state index < -0.39 is 10.7 Å². The zero-order valence-corrected chi connectivity index (χ0v) is 12.6. The van der Waals surface area contributed by atoms with Crippen molar-refractivity contribution in [2.24, 2.45) is 0 Å². The Bertz CT molecular complexity index is 1050. The molecule has 0 N–H and O–H groups in total. The van der Waals surface area contributed by atoms with Gasteiger partial charge in [-0.1, -0.05) is 48.5 Å². The first-order valence-electron chi connectivity index (χ1n) is 7.50. The molecule has 0 saturated carbocycles. The average molecular weight is 317 g/mol. The second kappa shape index (κ2) is 5.42. The van der Waals surface area contributed by atoms with Gasteiger partial charge in [0.2, 0.25) is 0 Å².